The van der Waals surface area contributed by atoms with Crippen molar-refractivity contribution in [2.75, 3.05) is 11.9 Å². The van der Waals surface area contributed by atoms with Gasteiger partial charge in [0.05, 0.1) is 18.3 Å². The van der Waals surface area contributed by atoms with Gasteiger partial charge in [0.25, 0.3) is 0 Å². The standard InChI is InChI=1S/C30H38N4O3/c1-20(11-14-25-22(3)10-7-15-30(25,4)5)8-6-9-21(2)16-28(36)33-27(19-35)29(37)32-24-13-12-23-18-31-34-26(23)17-24/h6,8-9,11-14,16-18,27,35H,7,10,15,19H2,1-5H3,(H,31,34)(H,32,37)(H,33,36)/t27-/m0/s1. The number of anilines is 1. The smallest absolute Gasteiger partial charge is 0.249 e. The van der Waals surface area contributed by atoms with Gasteiger partial charge in [-0.2, -0.15) is 5.10 Å². The van der Waals surface area contributed by atoms with E-state index >= 15 is 0 Å². The maximum absolute atomic E-state index is 12.6. The number of carbonyl (C=O) groups is 2. The van der Waals surface area contributed by atoms with E-state index in [0.29, 0.717) is 5.69 Å². The lowest BCUT2D eigenvalue weighted by Crippen LogP contribution is -2.45. The molecule has 0 bridgehead atoms. The summed E-state index contributed by atoms with van der Waals surface area (Å²) in [6, 6.07) is 4.22. The zero-order chi connectivity index (χ0) is 27.0. The summed E-state index contributed by atoms with van der Waals surface area (Å²) in [6.07, 6.45) is 16.8. The molecule has 0 fully saturated rings. The van der Waals surface area contributed by atoms with Gasteiger partial charge < -0.3 is 15.7 Å². The number of hydrogen-bond donors (Lipinski definition) is 4. The molecule has 1 atom stereocenters. The van der Waals surface area contributed by atoms with E-state index in [1.165, 1.54) is 30.1 Å². The summed E-state index contributed by atoms with van der Waals surface area (Å²) in [4.78, 5) is 25.0. The van der Waals surface area contributed by atoms with Crippen molar-refractivity contribution in [2.45, 2.75) is 59.9 Å². The van der Waals surface area contributed by atoms with Gasteiger partial charge >= 0.3 is 0 Å². The van der Waals surface area contributed by atoms with Crippen LogP contribution in [-0.4, -0.2) is 39.8 Å². The fourth-order valence-corrected chi connectivity index (χ4v) is 4.54. The van der Waals surface area contributed by atoms with Gasteiger partial charge in [-0.15, -0.1) is 0 Å². The number of hydrogen-bond acceptors (Lipinski definition) is 4. The molecule has 0 saturated carbocycles. The summed E-state index contributed by atoms with van der Waals surface area (Å²) in [7, 11) is 0. The van der Waals surface area contributed by atoms with Crippen molar-refractivity contribution >= 4 is 28.4 Å². The van der Waals surface area contributed by atoms with Crippen LogP contribution in [0.1, 0.15) is 53.9 Å². The Kier molecular flexibility index (Phi) is 9.42. The summed E-state index contributed by atoms with van der Waals surface area (Å²) in [5, 5.41) is 22.6. The van der Waals surface area contributed by atoms with Crippen LogP contribution in [0.2, 0.25) is 0 Å². The van der Waals surface area contributed by atoms with Gasteiger partial charge in [-0.25, -0.2) is 0 Å². The Morgan fingerprint density at radius 3 is 2.73 bits per heavy atom. The number of aliphatic hydroxyl groups is 1. The molecule has 7 nitrogen and oxygen atoms in total. The Morgan fingerprint density at radius 1 is 1.22 bits per heavy atom. The predicted octanol–water partition coefficient (Wildman–Crippen LogP) is 5.51. The summed E-state index contributed by atoms with van der Waals surface area (Å²) in [6.45, 7) is 10.2. The van der Waals surface area contributed by atoms with Crippen LogP contribution >= 0.6 is 0 Å². The Hall–Kier alpha value is -3.71. The second kappa shape index (κ2) is 12.5. The molecule has 37 heavy (non-hydrogen) atoms. The highest BCUT2D eigenvalue weighted by molar-refractivity contribution is 6.00. The molecule has 0 radical (unpaired) electrons. The normalized spacial score (nSPS) is 17.6. The molecule has 2 amide bonds. The minimum atomic E-state index is -1.08. The SMILES string of the molecule is CC(C=CC1=C(C)CCCC1(C)C)=CC=CC(C)=CC(=O)N[C@@H](CO)C(=O)Nc1ccc2cn[nH]c2c1. The summed E-state index contributed by atoms with van der Waals surface area (Å²) in [5.41, 5.74) is 6.25. The zero-order valence-corrected chi connectivity index (χ0v) is 22.4. The van der Waals surface area contributed by atoms with Crippen molar-refractivity contribution in [3.8, 4) is 0 Å². The summed E-state index contributed by atoms with van der Waals surface area (Å²) in [5.74, 6) is -0.962. The third kappa shape index (κ3) is 7.89. The van der Waals surface area contributed by atoms with Crippen LogP contribution in [0.3, 0.4) is 0 Å². The number of nitrogens with one attached hydrogen (secondary N) is 3. The molecule has 1 aromatic carbocycles. The largest absolute Gasteiger partial charge is 0.394 e. The van der Waals surface area contributed by atoms with E-state index in [-0.39, 0.29) is 5.41 Å². The molecule has 4 N–H and O–H groups in total. The molecule has 0 saturated heterocycles. The third-order valence-corrected chi connectivity index (χ3v) is 6.66. The van der Waals surface area contributed by atoms with Crippen molar-refractivity contribution in [3.63, 3.8) is 0 Å². The Balaban J connectivity index is 1.55. The molecule has 1 heterocycles. The van der Waals surface area contributed by atoms with Crippen LogP contribution in [0.15, 0.2) is 83.1 Å². The van der Waals surface area contributed by atoms with Gasteiger partial charge in [-0.05, 0) is 74.8 Å². The van der Waals surface area contributed by atoms with Crippen LogP contribution in [-0.2, 0) is 9.59 Å². The molecule has 0 spiro atoms. The number of aromatic amines is 1. The van der Waals surface area contributed by atoms with E-state index in [1.54, 1.807) is 25.3 Å². The van der Waals surface area contributed by atoms with Crippen molar-refractivity contribution in [2.24, 2.45) is 5.41 Å². The lowest BCUT2D eigenvalue weighted by atomic mass is 9.72. The molecule has 0 unspecified atom stereocenters. The van der Waals surface area contributed by atoms with E-state index in [0.717, 1.165) is 28.5 Å². The number of benzene rings is 1. The Labute approximate surface area is 219 Å². The lowest BCUT2D eigenvalue weighted by Gasteiger charge is -2.32. The maximum Gasteiger partial charge on any atom is 0.249 e. The second-order valence-corrected chi connectivity index (χ2v) is 10.3. The van der Waals surface area contributed by atoms with Gasteiger partial charge in [-0.3, -0.25) is 14.7 Å². The number of H-pyrrole nitrogens is 1. The minimum absolute atomic E-state index is 0.207. The van der Waals surface area contributed by atoms with Crippen LogP contribution in [0.25, 0.3) is 10.9 Å². The fourth-order valence-electron chi connectivity index (χ4n) is 4.54. The molecule has 1 aromatic heterocycles. The lowest BCUT2D eigenvalue weighted by molar-refractivity contribution is -0.124. The van der Waals surface area contributed by atoms with Gasteiger partial charge in [0.2, 0.25) is 11.8 Å². The molecule has 3 rings (SSSR count). The van der Waals surface area contributed by atoms with Crippen LogP contribution in [0.4, 0.5) is 5.69 Å². The van der Waals surface area contributed by atoms with Gasteiger partial charge in [0, 0.05) is 17.1 Å². The Morgan fingerprint density at radius 2 is 2.00 bits per heavy atom. The van der Waals surface area contributed by atoms with E-state index < -0.39 is 24.5 Å². The third-order valence-electron chi connectivity index (χ3n) is 6.66. The molecule has 7 heteroatoms. The number of nitrogens with zero attached hydrogens (tertiary/aromatic N) is 1. The topological polar surface area (TPSA) is 107 Å². The number of carbonyl (C=O) groups excluding carboxylic acids is 2. The van der Waals surface area contributed by atoms with E-state index in [9.17, 15) is 14.7 Å². The molecular formula is C30H38N4O3. The van der Waals surface area contributed by atoms with Crippen molar-refractivity contribution in [1.29, 1.82) is 0 Å². The van der Waals surface area contributed by atoms with Crippen LogP contribution < -0.4 is 10.6 Å². The maximum atomic E-state index is 12.6. The monoisotopic (exact) mass is 502 g/mol. The van der Waals surface area contributed by atoms with Crippen LogP contribution in [0, 0.1) is 5.41 Å². The predicted molar refractivity (Wildman–Crippen MR) is 150 cm³/mol. The number of amides is 2. The van der Waals surface area contributed by atoms with Gasteiger partial charge in [-0.1, -0.05) is 55.4 Å². The molecule has 2 aromatic rings. The highest BCUT2D eigenvalue weighted by atomic mass is 16.3. The average Bonchev–Trinajstić information content (AvgIpc) is 3.29. The highest BCUT2D eigenvalue weighted by Crippen LogP contribution is 2.40. The zero-order valence-electron chi connectivity index (χ0n) is 22.4. The molecule has 1 aliphatic carbocycles. The first-order valence-electron chi connectivity index (χ1n) is 12.7. The molecule has 0 aliphatic heterocycles. The molecular weight excluding hydrogens is 464 g/mol. The van der Waals surface area contributed by atoms with E-state index in [2.05, 4.69) is 53.8 Å². The van der Waals surface area contributed by atoms with Crippen molar-refractivity contribution < 1.29 is 14.7 Å². The highest BCUT2D eigenvalue weighted by Gasteiger charge is 2.26. The van der Waals surface area contributed by atoms with Gasteiger partial charge in [0.15, 0.2) is 0 Å². The average molecular weight is 503 g/mol. The Bertz CT molecular complexity index is 1290. The number of rotatable bonds is 9. The fraction of sp³-hybridized carbons (Fsp3) is 0.367. The van der Waals surface area contributed by atoms with Crippen molar-refractivity contribution in [1.82, 2.24) is 15.5 Å². The van der Waals surface area contributed by atoms with E-state index in [4.69, 9.17) is 0 Å². The van der Waals surface area contributed by atoms with Crippen LogP contribution in [0.5, 0.6) is 0 Å². The first kappa shape index (κ1) is 27.9. The number of allylic oxidation sites excluding steroid dienone is 9. The number of aromatic nitrogens is 2. The van der Waals surface area contributed by atoms with E-state index in [1.807, 2.05) is 31.2 Å². The summed E-state index contributed by atoms with van der Waals surface area (Å²) >= 11 is 0. The quantitative estimate of drug-likeness (QED) is 0.268. The molecule has 1 aliphatic rings. The first-order chi connectivity index (χ1) is 17.6. The second-order valence-electron chi connectivity index (χ2n) is 10.3. The molecule has 196 valence electrons. The number of fused-ring (bicyclic) bond motifs is 1. The number of aliphatic hydroxyl groups excluding tert-OH is 1. The van der Waals surface area contributed by atoms with Gasteiger partial charge in [0.1, 0.15) is 6.04 Å². The summed E-state index contributed by atoms with van der Waals surface area (Å²) < 4.78 is 0. The first-order valence-corrected chi connectivity index (χ1v) is 12.7. The minimum Gasteiger partial charge on any atom is -0.394 e. The van der Waals surface area contributed by atoms with Crippen molar-refractivity contribution in [3.05, 3.63) is 83.1 Å².